The van der Waals surface area contributed by atoms with E-state index >= 15 is 0 Å². The number of imidazole rings is 1. The first-order valence-corrected chi connectivity index (χ1v) is 18.7. The predicted molar refractivity (Wildman–Crippen MR) is 156 cm³/mol. The van der Waals surface area contributed by atoms with Gasteiger partial charge in [-0.1, -0.05) is 35.8 Å². The minimum absolute atomic E-state index is 0.0571. The second-order valence-corrected chi connectivity index (χ2v) is 16.2. The van der Waals surface area contributed by atoms with E-state index in [0.717, 1.165) is 16.8 Å². The van der Waals surface area contributed by atoms with Gasteiger partial charge in [-0.25, -0.2) is 28.8 Å². The molecule has 0 aliphatic carbocycles. The highest BCUT2D eigenvalue weighted by molar-refractivity contribution is 8.44. The number of thiol groups is 2. The number of benzene rings is 1. The first kappa shape index (κ1) is 32.2. The molecule has 3 N–H and O–H groups in total. The summed E-state index contributed by atoms with van der Waals surface area (Å²) in [6.45, 7) is -9.68. The maximum absolute atomic E-state index is 13.6. The summed E-state index contributed by atoms with van der Waals surface area (Å²) in [4.78, 5) is 12.3. The second-order valence-electron chi connectivity index (χ2n) is 10.5. The van der Waals surface area contributed by atoms with Crippen molar-refractivity contribution in [3.8, 4) is 0 Å². The van der Waals surface area contributed by atoms with Crippen molar-refractivity contribution in [2.24, 2.45) is 0 Å². The van der Waals surface area contributed by atoms with E-state index in [2.05, 4.69) is 49.8 Å². The predicted octanol–water partition coefficient (Wildman–Crippen LogP) is 3.31. The highest BCUT2D eigenvalue weighted by atomic mass is 32.7. The van der Waals surface area contributed by atoms with E-state index in [4.69, 9.17) is 33.3 Å². The van der Waals surface area contributed by atoms with Crippen molar-refractivity contribution in [1.82, 2.24) is 34.5 Å². The van der Waals surface area contributed by atoms with Gasteiger partial charge in [-0.3, -0.25) is 22.7 Å². The lowest BCUT2D eigenvalue weighted by Crippen LogP contribution is -2.35. The van der Waals surface area contributed by atoms with Crippen LogP contribution in [0.25, 0.3) is 22.2 Å². The van der Waals surface area contributed by atoms with Gasteiger partial charge in [0.15, 0.2) is 17.7 Å². The lowest BCUT2D eigenvalue weighted by Gasteiger charge is -2.25. The molecule has 2 unspecified atom stereocenters. The molecule has 7 rings (SSSR count). The molecular weight excluding hydrogens is 703 g/mol. The Morgan fingerprint density at radius 3 is 2.48 bits per heavy atom. The van der Waals surface area contributed by atoms with Crippen LogP contribution in [0.15, 0.2) is 30.9 Å². The van der Waals surface area contributed by atoms with Crippen LogP contribution in [0.4, 0.5) is 19.0 Å². The number of aliphatic hydroxyl groups is 1. The van der Waals surface area contributed by atoms with E-state index in [-0.39, 0.29) is 17.8 Å². The highest BCUT2D eigenvalue weighted by Gasteiger charge is 2.52. The van der Waals surface area contributed by atoms with Crippen molar-refractivity contribution in [1.29, 1.82) is 0 Å². The number of nitrogen functional groups attached to an aromatic ring is 1. The number of alkyl halides is 3. The monoisotopic (exact) mass is 726 g/mol. The smallest absolute Gasteiger partial charge is 0.387 e. The van der Waals surface area contributed by atoms with Gasteiger partial charge in [0.1, 0.15) is 54.1 Å². The number of aliphatic hydroxyl groups excluding tert-OH is 1. The number of ether oxygens (including phenoxy) is 2. The summed E-state index contributed by atoms with van der Waals surface area (Å²) >= 11 is 8.13. The minimum atomic E-state index is -4.75. The minimum Gasteiger partial charge on any atom is -0.387 e. The molecule has 24 heteroatoms. The molecule has 9 atom stereocenters. The Hall–Kier alpha value is -2.36. The molecule has 46 heavy (non-hydrogen) atoms. The number of rotatable bonds is 2. The molecule has 3 saturated heterocycles. The fourth-order valence-corrected chi connectivity index (χ4v) is 8.46. The summed E-state index contributed by atoms with van der Waals surface area (Å²) in [5.41, 5.74) is 4.86. The van der Waals surface area contributed by atoms with E-state index in [1.54, 1.807) is 4.57 Å². The summed E-state index contributed by atoms with van der Waals surface area (Å²) in [6, 6.07) is 3.26. The standard InChI is InChI=1S/C22H23F3N8O9P2S2/c23-22(24,25)9-2-1-3-10-15(9)30-31-33(10)21-18-17(34)13(40-21)6-38-43(35,45)41-11-4-14(39-12(11)5-37-44(36,46)42-18)32-8-29-16-19(26)27-7-28-20(16)32/h1-3,7-8,11-14,17-18,21,34H,4-6H2,(H,35,45)(H,36,46)(H2,26,27,28)/t11-,12+,13+,14+,17+,18+,21+,43?,44?/m0/s1. The number of anilines is 1. The highest BCUT2D eigenvalue weighted by Crippen LogP contribution is 2.60. The van der Waals surface area contributed by atoms with Gasteiger partial charge in [-0.15, -0.1) is 5.10 Å². The van der Waals surface area contributed by atoms with Crippen molar-refractivity contribution >= 4 is 66.1 Å². The maximum Gasteiger partial charge on any atom is 0.418 e. The zero-order chi connectivity index (χ0) is 32.6. The average molecular weight is 727 g/mol. The van der Waals surface area contributed by atoms with Gasteiger partial charge in [-0.2, -0.15) is 13.2 Å². The second kappa shape index (κ2) is 11.7. The Bertz CT molecular complexity index is 1900. The fourth-order valence-electron chi connectivity index (χ4n) is 5.48. The Morgan fingerprint density at radius 2 is 1.72 bits per heavy atom. The molecule has 3 aliphatic rings. The molecule has 0 amide bonds. The molecule has 0 spiro atoms. The fraction of sp³-hybridized carbons (Fsp3) is 0.500. The third-order valence-electron chi connectivity index (χ3n) is 7.57. The van der Waals surface area contributed by atoms with Crippen LogP contribution in [-0.2, 0) is 42.9 Å². The molecule has 3 fully saturated rings. The van der Waals surface area contributed by atoms with Crippen LogP contribution in [-0.4, -0.2) is 83.4 Å². The number of fused-ring (bicyclic) bond motifs is 5. The summed E-state index contributed by atoms with van der Waals surface area (Å²) in [5.74, 6) is 0.141. The molecule has 0 saturated carbocycles. The molecule has 3 aromatic heterocycles. The summed E-state index contributed by atoms with van der Waals surface area (Å²) < 4.78 is 104. The first-order chi connectivity index (χ1) is 21.7. The zero-order valence-corrected chi connectivity index (χ0v) is 26.5. The molecule has 248 valence electrons. The van der Waals surface area contributed by atoms with Crippen LogP contribution in [0.2, 0.25) is 0 Å². The number of hydrogen-bond acceptors (Lipinski definition) is 15. The number of nitrogens with zero attached hydrogens (tertiary/aromatic N) is 7. The average Bonchev–Trinajstić information content (AvgIpc) is 3.75. The number of hydrogen-bond donors (Lipinski definition) is 4. The van der Waals surface area contributed by atoms with E-state index < -0.39 is 87.0 Å². The molecular formula is C22H23F3N8O9P2S2. The van der Waals surface area contributed by atoms with E-state index in [1.807, 2.05) is 0 Å². The normalized spacial score (nSPS) is 35.9. The first-order valence-electron chi connectivity index (χ1n) is 13.4. The van der Waals surface area contributed by atoms with Crippen molar-refractivity contribution in [2.75, 3.05) is 18.9 Å². The topological polar surface area (TPSA) is 210 Å². The Morgan fingerprint density at radius 1 is 0.978 bits per heavy atom. The van der Waals surface area contributed by atoms with Gasteiger partial charge in [-0.05, 0) is 12.1 Å². The third-order valence-corrected chi connectivity index (χ3v) is 10.8. The quantitative estimate of drug-likeness (QED) is 0.173. The SMILES string of the molecule is Nc1ncnc2c1ncn2[C@H]1C[C@@H]2OP(=O)(S)OC[C@H]3O[C@@H](n4nnc5c(C(F)(F)F)cccc54)[C@H](OP(=O)(S)OC[C@H]2O1)[C@@H]3O. The Kier molecular flexibility index (Phi) is 8.16. The van der Waals surface area contributed by atoms with E-state index in [1.165, 1.54) is 18.7 Å². The van der Waals surface area contributed by atoms with Crippen LogP contribution in [0.1, 0.15) is 24.4 Å². The molecule has 17 nitrogen and oxygen atoms in total. The maximum atomic E-state index is 13.6. The van der Waals surface area contributed by atoms with Gasteiger partial charge < -0.3 is 20.3 Å². The molecule has 2 bridgehead atoms. The van der Waals surface area contributed by atoms with Gasteiger partial charge in [0, 0.05) is 6.42 Å². The number of halogens is 3. The largest absolute Gasteiger partial charge is 0.418 e. The summed E-state index contributed by atoms with van der Waals surface area (Å²) in [7, 11) is 0. The lowest BCUT2D eigenvalue weighted by molar-refractivity contribution is -0.136. The Labute approximate surface area is 266 Å². The van der Waals surface area contributed by atoms with Crippen molar-refractivity contribution in [3.63, 3.8) is 0 Å². The lowest BCUT2D eigenvalue weighted by atomic mass is 10.1. The third kappa shape index (κ3) is 5.94. The molecule has 3 aliphatic heterocycles. The van der Waals surface area contributed by atoms with Crippen LogP contribution in [0.3, 0.4) is 0 Å². The van der Waals surface area contributed by atoms with Crippen molar-refractivity contribution in [3.05, 3.63) is 36.4 Å². The van der Waals surface area contributed by atoms with Gasteiger partial charge >= 0.3 is 19.8 Å². The van der Waals surface area contributed by atoms with Crippen molar-refractivity contribution < 1.29 is 55.0 Å². The van der Waals surface area contributed by atoms with Crippen molar-refractivity contribution in [2.45, 2.75) is 55.6 Å². The zero-order valence-electron chi connectivity index (χ0n) is 22.9. The van der Waals surface area contributed by atoms with Gasteiger partial charge in [0.25, 0.3) is 0 Å². The van der Waals surface area contributed by atoms with E-state index in [0.29, 0.717) is 11.2 Å². The molecule has 0 radical (unpaired) electrons. The molecule has 1 aromatic carbocycles. The van der Waals surface area contributed by atoms with Crippen LogP contribution in [0.5, 0.6) is 0 Å². The molecule has 4 aromatic rings. The van der Waals surface area contributed by atoms with Gasteiger partial charge in [0.2, 0.25) is 0 Å². The van der Waals surface area contributed by atoms with Gasteiger partial charge in [0.05, 0.1) is 30.6 Å². The van der Waals surface area contributed by atoms with Crippen LogP contribution < -0.4 is 5.73 Å². The number of aromatic nitrogens is 7. The Balaban J connectivity index is 1.18. The number of nitrogens with two attached hydrogens (primary N) is 1. The summed E-state index contributed by atoms with van der Waals surface area (Å²) in [6.07, 6.45) is -11.0. The van der Waals surface area contributed by atoms with E-state index in [9.17, 15) is 27.4 Å². The van der Waals surface area contributed by atoms with Crippen LogP contribution in [0, 0.1) is 0 Å². The summed E-state index contributed by atoms with van der Waals surface area (Å²) in [5, 5.41) is 18.6. The van der Waals surface area contributed by atoms with Crippen LogP contribution >= 0.6 is 38.1 Å². The molecule has 6 heterocycles.